The molecule has 28 heavy (non-hydrogen) atoms. The molecule has 1 amide bonds. The molecule has 2 heterocycles. The van der Waals surface area contributed by atoms with Crippen molar-refractivity contribution in [3.05, 3.63) is 47.8 Å². The summed E-state index contributed by atoms with van der Waals surface area (Å²) in [5.41, 5.74) is 0.254. The van der Waals surface area contributed by atoms with E-state index in [1.54, 1.807) is 6.07 Å². The molecule has 1 atom stereocenters. The number of ether oxygens (including phenoxy) is 1. The number of halogens is 2. The first-order valence-corrected chi connectivity index (χ1v) is 8.40. The summed E-state index contributed by atoms with van der Waals surface area (Å²) in [6, 6.07) is 6.37. The largest absolute Gasteiger partial charge is 0.480 e. The van der Waals surface area contributed by atoms with Gasteiger partial charge < -0.3 is 15.0 Å². The van der Waals surface area contributed by atoms with Crippen molar-refractivity contribution < 1.29 is 18.3 Å². The Labute approximate surface area is 159 Å². The smallest absolute Gasteiger partial charge is 0.268 e. The van der Waals surface area contributed by atoms with Gasteiger partial charge in [0.05, 0.1) is 13.4 Å². The average molecular weight is 388 g/mol. The van der Waals surface area contributed by atoms with Gasteiger partial charge in [-0.25, -0.2) is 18.7 Å². The summed E-state index contributed by atoms with van der Waals surface area (Å²) in [6.45, 7) is 0. The maximum absolute atomic E-state index is 13.7. The van der Waals surface area contributed by atoms with Crippen LogP contribution in [0.15, 0.2) is 36.5 Å². The van der Waals surface area contributed by atoms with Gasteiger partial charge in [-0.3, -0.25) is 15.6 Å². The number of carbonyl (C=O) groups excluding carboxylic acids is 1. The molecule has 146 valence electrons. The molecule has 0 radical (unpaired) electrons. The van der Waals surface area contributed by atoms with Crippen LogP contribution in [-0.2, 0) is 0 Å². The fraction of sp³-hybridized carbons (Fsp3) is 0.278. The SMILES string of the molecule is COc1ncccc1C(=O)Nc1cccc(C(=N)N(C=N)C2CCC2(F)F)n1. The minimum Gasteiger partial charge on any atom is -0.480 e. The highest BCUT2D eigenvalue weighted by atomic mass is 19.3. The van der Waals surface area contributed by atoms with E-state index in [4.69, 9.17) is 15.6 Å². The first kappa shape index (κ1) is 19.3. The van der Waals surface area contributed by atoms with Crippen LogP contribution in [0.5, 0.6) is 5.88 Å². The average Bonchev–Trinajstić information content (AvgIpc) is 2.70. The lowest BCUT2D eigenvalue weighted by atomic mass is 9.86. The van der Waals surface area contributed by atoms with Crippen molar-refractivity contribution in [1.29, 1.82) is 10.8 Å². The molecule has 2 aromatic heterocycles. The van der Waals surface area contributed by atoms with Gasteiger partial charge in [-0.05, 0) is 30.7 Å². The maximum Gasteiger partial charge on any atom is 0.268 e. The fourth-order valence-corrected chi connectivity index (χ4v) is 2.82. The van der Waals surface area contributed by atoms with Crippen molar-refractivity contribution >= 4 is 23.9 Å². The van der Waals surface area contributed by atoms with Crippen LogP contribution in [0.2, 0.25) is 0 Å². The summed E-state index contributed by atoms with van der Waals surface area (Å²) in [4.78, 5) is 21.4. The molecule has 1 saturated carbocycles. The third kappa shape index (κ3) is 3.66. The number of alkyl halides is 2. The molecule has 1 aliphatic carbocycles. The molecule has 1 unspecified atom stereocenters. The summed E-state index contributed by atoms with van der Waals surface area (Å²) in [7, 11) is 1.39. The number of amides is 1. The van der Waals surface area contributed by atoms with Crippen LogP contribution in [0.3, 0.4) is 0 Å². The minimum atomic E-state index is -2.95. The Kier molecular flexibility index (Phi) is 5.30. The van der Waals surface area contributed by atoms with E-state index in [9.17, 15) is 13.6 Å². The van der Waals surface area contributed by atoms with Crippen molar-refractivity contribution in [3.63, 3.8) is 0 Å². The molecule has 0 bridgehead atoms. The van der Waals surface area contributed by atoms with E-state index >= 15 is 0 Å². The molecule has 0 saturated heterocycles. The lowest BCUT2D eigenvalue weighted by molar-refractivity contribution is -0.120. The number of pyridine rings is 2. The first-order valence-electron chi connectivity index (χ1n) is 8.40. The quantitative estimate of drug-likeness (QED) is 0.520. The van der Waals surface area contributed by atoms with E-state index in [-0.39, 0.29) is 41.6 Å². The monoisotopic (exact) mass is 388 g/mol. The van der Waals surface area contributed by atoms with Crippen LogP contribution in [0.25, 0.3) is 0 Å². The Hall–Kier alpha value is -3.43. The lowest BCUT2D eigenvalue weighted by Crippen LogP contribution is -2.56. The van der Waals surface area contributed by atoms with Gasteiger partial charge in [0.2, 0.25) is 5.88 Å². The number of hydrogen-bond donors (Lipinski definition) is 3. The minimum absolute atomic E-state index is 0.0575. The molecule has 0 aliphatic heterocycles. The highest BCUT2D eigenvalue weighted by Gasteiger charge is 2.52. The molecule has 10 heteroatoms. The number of hydrogen-bond acceptors (Lipinski definition) is 6. The number of anilines is 1. The van der Waals surface area contributed by atoms with Crippen LogP contribution >= 0.6 is 0 Å². The summed E-state index contributed by atoms with van der Waals surface area (Å²) in [5, 5.41) is 18.2. The second-order valence-corrected chi connectivity index (χ2v) is 6.12. The molecule has 1 aliphatic rings. The third-order valence-electron chi connectivity index (χ3n) is 4.41. The van der Waals surface area contributed by atoms with Crippen molar-refractivity contribution in [2.75, 3.05) is 12.4 Å². The highest BCUT2D eigenvalue weighted by Crippen LogP contribution is 2.41. The molecular formula is C18H18F2N6O2. The maximum atomic E-state index is 13.7. The summed E-state index contributed by atoms with van der Waals surface area (Å²) < 4.78 is 32.4. The number of methoxy groups -OCH3 is 1. The highest BCUT2D eigenvalue weighted by molar-refractivity contribution is 6.06. The van der Waals surface area contributed by atoms with Gasteiger partial charge in [0.15, 0.2) is 5.84 Å². The Morgan fingerprint density at radius 2 is 2.18 bits per heavy atom. The second kappa shape index (κ2) is 7.67. The number of amidine groups is 1. The van der Waals surface area contributed by atoms with Crippen LogP contribution in [0, 0.1) is 10.8 Å². The molecule has 0 aromatic carbocycles. The molecule has 3 N–H and O–H groups in total. The Bertz CT molecular complexity index is 920. The number of nitrogens with one attached hydrogen (secondary N) is 3. The number of nitrogens with zero attached hydrogens (tertiary/aromatic N) is 3. The van der Waals surface area contributed by atoms with E-state index in [2.05, 4.69) is 15.3 Å². The Balaban J connectivity index is 1.79. The normalized spacial score (nSPS) is 17.2. The second-order valence-electron chi connectivity index (χ2n) is 6.12. The molecule has 1 fully saturated rings. The van der Waals surface area contributed by atoms with Gasteiger partial charge in [-0.15, -0.1) is 0 Å². The van der Waals surface area contributed by atoms with Gasteiger partial charge in [0.1, 0.15) is 23.1 Å². The third-order valence-corrected chi connectivity index (χ3v) is 4.41. The topological polar surface area (TPSA) is 115 Å². The van der Waals surface area contributed by atoms with Crippen LogP contribution < -0.4 is 10.1 Å². The summed E-state index contributed by atoms with van der Waals surface area (Å²) in [6.07, 6.45) is 2.10. The van der Waals surface area contributed by atoms with Crippen molar-refractivity contribution in [3.8, 4) is 5.88 Å². The predicted octanol–water partition coefficient (Wildman–Crippen LogP) is 2.77. The zero-order valence-electron chi connectivity index (χ0n) is 14.9. The molecule has 3 rings (SSSR count). The predicted molar refractivity (Wildman–Crippen MR) is 98.4 cm³/mol. The van der Waals surface area contributed by atoms with Crippen molar-refractivity contribution in [1.82, 2.24) is 14.9 Å². The van der Waals surface area contributed by atoms with E-state index in [0.717, 1.165) is 4.90 Å². The van der Waals surface area contributed by atoms with Gasteiger partial charge in [-0.2, -0.15) is 0 Å². The van der Waals surface area contributed by atoms with E-state index in [0.29, 0.717) is 6.34 Å². The van der Waals surface area contributed by atoms with Gasteiger partial charge in [-0.1, -0.05) is 6.07 Å². The van der Waals surface area contributed by atoms with E-state index in [1.807, 2.05) is 0 Å². The lowest BCUT2D eigenvalue weighted by Gasteiger charge is -2.42. The molecule has 2 aromatic rings. The van der Waals surface area contributed by atoms with Crippen LogP contribution in [-0.4, -0.2) is 52.0 Å². The standard InChI is InChI=1S/C18H18F2N6O2/c1-28-17-11(4-3-9-23-17)16(27)25-14-6-2-5-12(24-14)15(22)26(10-21)13-7-8-18(13,19)20/h2-6,9-10,13,21-22H,7-8H2,1H3,(H,24,25,27). The van der Waals surface area contributed by atoms with Crippen molar-refractivity contribution in [2.24, 2.45) is 0 Å². The van der Waals surface area contributed by atoms with Crippen LogP contribution in [0.4, 0.5) is 14.6 Å². The molecular weight excluding hydrogens is 370 g/mol. The Morgan fingerprint density at radius 3 is 2.79 bits per heavy atom. The van der Waals surface area contributed by atoms with Gasteiger partial charge in [0.25, 0.3) is 11.8 Å². The van der Waals surface area contributed by atoms with Gasteiger partial charge in [0, 0.05) is 12.6 Å². The summed E-state index contributed by atoms with van der Waals surface area (Å²) >= 11 is 0. The number of rotatable bonds is 6. The fourth-order valence-electron chi connectivity index (χ4n) is 2.82. The number of carbonyl (C=O) groups is 1. The first-order chi connectivity index (χ1) is 13.4. The summed E-state index contributed by atoms with van der Waals surface area (Å²) in [5.74, 6) is -3.54. The van der Waals surface area contributed by atoms with E-state index < -0.39 is 17.9 Å². The van der Waals surface area contributed by atoms with E-state index in [1.165, 1.54) is 37.6 Å². The van der Waals surface area contributed by atoms with Crippen molar-refractivity contribution in [2.45, 2.75) is 24.8 Å². The molecule has 8 nitrogen and oxygen atoms in total. The van der Waals surface area contributed by atoms with Crippen LogP contribution in [0.1, 0.15) is 28.9 Å². The van der Waals surface area contributed by atoms with Gasteiger partial charge >= 0.3 is 0 Å². The zero-order chi connectivity index (χ0) is 20.3. The zero-order valence-corrected chi connectivity index (χ0v) is 14.9. The number of aromatic nitrogens is 2. The molecule has 0 spiro atoms. The Morgan fingerprint density at radius 1 is 1.39 bits per heavy atom.